The van der Waals surface area contributed by atoms with Crippen LogP contribution in [0.4, 0.5) is 0 Å². The number of hydrogen-bond acceptors (Lipinski definition) is 3. The van der Waals surface area contributed by atoms with Crippen LogP contribution in [0.1, 0.15) is 24.8 Å². The summed E-state index contributed by atoms with van der Waals surface area (Å²) in [6.07, 6.45) is 5.43. The molecular weight excluding hydrogens is 280 g/mol. The highest BCUT2D eigenvalue weighted by Crippen LogP contribution is 2.07. The lowest BCUT2D eigenvalue weighted by atomic mass is 10.2. The number of piperidine rings is 1. The van der Waals surface area contributed by atoms with Crippen LogP contribution in [-0.2, 0) is 0 Å². The van der Waals surface area contributed by atoms with E-state index in [-0.39, 0.29) is 0 Å². The highest BCUT2D eigenvalue weighted by molar-refractivity contribution is 7.80. The Balaban J connectivity index is 1.74. The van der Waals surface area contributed by atoms with E-state index in [1.165, 1.54) is 19.3 Å². The number of hydrazone groups is 1. The molecule has 1 aromatic rings. The van der Waals surface area contributed by atoms with Crippen molar-refractivity contribution >= 4 is 35.1 Å². The van der Waals surface area contributed by atoms with Gasteiger partial charge in [-0.25, -0.2) is 5.01 Å². The number of hydrogen-bond donors (Lipinski definition) is 2. The number of rotatable bonds is 3. The normalized spacial score (nSPS) is 16.5. The molecule has 0 spiro atoms. The standard InChI is InChI=1S/C13H17ClN4S/c14-12-6-4-11(5-7-12)10-15-16-13(19)17-18-8-2-1-3-9-18/h4-7,10H,1-3,8-9H2,(H2,16,17,19)/b15-10+. The molecular formula is C13H17ClN4S. The number of benzene rings is 1. The number of nitrogens with one attached hydrogen (secondary N) is 2. The number of thiocarbonyl (C=S) groups is 1. The van der Waals surface area contributed by atoms with E-state index in [2.05, 4.69) is 21.0 Å². The first kappa shape index (κ1) is 14.2. The molecule has 0 saturated carbocycles. The van der Waals surface area contributed by atoms with E-state index < -0.39 is 0 Å². The second-order valence-electron chi connectivity index (χ2n) is 4.41. The van der Waals surface area contributed by atoms with Crippen LogP contribution in [0.25, 0.3) is 0 Å². The summed E-state index contributed by atoms with van der Waals surface area (Å²) in [5, 5.41) is 7.45. The molecule has 0 unspecified atom stereocenters. The van der Waals surface area contributed by atoms with Gasteiger partial charge in [-0.05, 0) is 42.8 Å². The fraction of sp³-hybridized carbons (Fsp3) is 0.385. The lowest BCUT2D eigenvalue weighted by Gasteiger charge is -2.27. The summed E-state index contributed by atoms with van der Waals surface area (Å²) in [4.78, 5) is 0. The quantitative estimate of drug-likeness (QED) is 0.511. The molecule has 1 heterocycles. The zero-order chi connectivity index (χ0) is 13.5. The van der Waals surface area contributed by atoms with Gasteiger partial charge in [-0.3, -0.25) is 10.9 Å². The Labute approximate surface area is 123 Å². The molecule has 0 bridgehead atoms. The van der Waals surface area contributed by atoms with Crippen molar-refractivity contribution in [1.82, 2.24) is 15.9 Å². The van der Waals surface area contributed by atoms with Crippen LogP contribution in [0.3, 0.4) is 0 Å². The maximum absolute atomic E-state index is 5.81. The second kappa shape index (κ2) is 7.43. The van der Waals surface area contributed by atoms with Crippen LogP contribution in [0.2, 0.25) is 5.02 Å². The van der Waals surface area contributed by atoms with Gasteiger partial charge >= 0.3 is 0 Å². The lowest BCUT2D eigenvalue weighted by molar-refractivity contribution is 0.194. The van der Waals surface area contributed by atoms with Gasteiger partial charge in [-0.2, -0.15) is 5.10 Å². The summed E-state index contributed by atoms with van der Waals surface area (Å²) < 4.78 is 0. The summed E-state index contributed by atoms with van der Waals surface area (Å²) in [5.41, 5.74) is 6.91. The molecule has 19 heavy (non-hydrogen) atoms. The Hall–Kier alpha value is -1.17. The predicted molar refractivity (Wildman–Crippen MR) is 83.3 cm³/mol. The molecule has 1 aromatic carbocycles. The maximum atomic E-state index is 5.81. The molecule has 2 N–H and O–H groups in total. The first-order chi connectivity index (χ1) is 9.24. The van der Waals surface area contributed by atoms with Gasteiger partial charge in [-0.15, -0.1) is 0 Å². The Morgan fingerprint density at radius 3 is 2.58 bits per heavy atom. The summed E-state index contributed by atoms with van der Waals surface area (Å²) in [7, 11) is 0. The predicted octanol–water partition coefficient (Wildman–Crippen LogP) is 2.54. The van der Waals surface area contributed by atoms with Gasteiger partial charge in [-0.1, -0.05) is 30.2 Å². The highest BCUT2D eigenvalue weighted by Gasteiger charge is 2.09. The second-order valence-corrected chi connectivity index (χ2v) is 5.25. The Kier molecular flexibility index (Phi) is 5.57. The molecule has 2 rings (SSSR count). The van der Waals surface area contributed by atoms with Crippen LogP contribution in [0.5, 0.6) is 0 Å². The van der Waals surface area contributed by atoms with Gasteiger partial charge in [0.1, 0.15) is 0 Å². The zero-order valence-electron chi connectivity index (χ0n) is 10.6. The smallest absolute Gasteiger partial charge is 0.201 e. The first-order valence-electron chi connectivity index (χ1n) is 6.34. The SMILES string of the molecule is S=C(N/N=C/c1ccc(Cl)cc1)NN1CCCCC1. The van der Waals surface area contributed by atoms with Crippen molar-refractivity contribution in [2.75, 3.05) is 13.1 Å². The van der Waals surface area contributed by atoms with Crippen LogP contribution in [0, 0.1) is 0 Å². The van der Waals surface area contributed by atoms with Crippen molar-refractivity contribution in [1.29, 1.82) is 0 Å². The molecule has 0 aliphatic carbocycles. The van der Waals surface area contributed by atoms with E-state index in [0.29, 0.717) is 10.1 Å². The molecule has 1 fully saturated rings. The molecule has 6 heteroatoms. The third-order valence-electron chi connectivity index (χ3n) is 2.87. The van der Waals surface area contributed by atoms with Gasteiger partial charge in [0.2, 0.25) is 5.11 Å². The summed E-state index contributed by atoms with van der Waals surface area (Å²) >= 11 is 11.0. The van der Waals surface area contributed by atoms with E-state index in [1.54, 1.807) is 6.21 Å². The van der Waals surface area contributed by atoms with E-state index in [9.17, 15) is 0 Å². The molecule has 0 radical (unpaired) electrons. The minimum atomic E-state index is 0.520. The topological polar surface area (TPSA) is 39.7 Å². The monoisotopic (exact) mass is 296 g/mol. The van der Waals surface area contributed by atoms with Gasteiger partial charge in [0.25, 0.3) is 0 Å². The molecule has 1 aliphatic rings. The van der Waals surface area contributed by atoms with Crippen LogP contribution >= 0.6 is 23.8 Å². The molecule has 4 nitrogen and oxygen atoms in total. The summed E-state index contributed by atoms with van der Waals surface area (Å²) in [5.74, 6) is 0. The van der Waals surface area contributed by atoms with Crippen molar-refractivity contribution in [2.45, 2.75) is 19.3 Å². The number of halogens is 1. The molecule has 0 amide bonds. The van der Waals surface area contributed by atoms with Crippen molar-refractivity contribution in [3.8, 4) is 0 Å². The van der Waals surface area contributed by atoms with Gasteiger partial charge in [0, 0.05) is 18.1 Å². The van der Waals surface area contributed by atoms with E-state index >= 15 is 0 Å². The summed E-state index contributed by atoms with van der Waals surface area (Å²) in [6.45, 7) is 2.06. The van der Waals surface area contributed by atoms with E-state index in [4.69, 9.17) is 23.8 Å². The van der Waals surface area contributed by atoms with E-state index in [0.717, 1.165) is 18.7 Å². The number of nitrogens with zero attached hydrogens (tertiary/aromatic N) is 2. The average molecular weight is 297 g/mol. The maximum Gasteiger partial charge on any atom is 0.201 e. The van der Waals surface area contributed by atoms with Gasteiger partial charge in [0.15, 0.2) is 0 Å². The first-order valence-corrected chi connectivity index (χ1v) is 7.13. The fourth-order valence-electron chi connectivity index (χ4n) is 1.89. The zero-order valence-corrected chi connectivity index (χ0v) is 12.2. The minimum absolute atomic E-state index is 0.520. The largest absolute Gasteiger partial charge is 0.294 e. The lowest BCUT2D eigenvalue weighted by Crippen LogP contribution is -2.48. The summed E-state index contributed by atoms with van der Waals surface area (Å²) in [6, 6.07) is 7.45. The Bertz CT molecular complexity index is 440. The third kappa shape index (κ3) is 5.14. The molecule has 102 valence electrons. The van der Waals surface area contributed by atoms with Crippen LogP contribution in [-0.4, -0.2) is 29.4 Å². The fourth-order valence-corrected chi connectivity index (χ4v) is 2.20. The van der Waals surface area contributed by atoms with Crippen molar-refractivity contribution in [3.05, 3.63) is 34.9 Å². The Morgan fingerprint density at radius 2 is 1.89 bits per heavy atom. The molecule has 1 aliphatic heterocycles. The van der Waals surface area contributed by atoms with Gasteiger partial charge < -0.3 is 0 Å². The third-order valence-corrected chi connectivity index (χ3v) is 3.30. The number of hydrazine groups is 1. The van der Waals surface area contributed by atoms with Crippen molar-refractivity contribution in [3.63, 3.8) is 0 Å². The average Bonchev–Trinajstić information content (AvgIpc) is 2.42. The van der Waals surface area contributed by atoms with Crippen molar-refractivity contribution in [2.24, 2.45) is 5.10 Å². The van der Waals surface area contributed by atoms with E-state index in [1.807, 2.05) is 24.3 Å². The highest BCUT2D eigenvalue weighted by atomic mass is 35.5. The van der Waals surface area contributed by atoms with Crippen LogP contribution in [0.15, 0.2) is 29.4 Å². The Morgan fingerprint density at radius 1 is 1.21 bits per heavy atom. The minimum Gasteiger partial charge on any atom is -0.294 e. The molecule has 0 aromatic heterocycles. The molecule has 1 saturated heterocycles. The van der Waals surface area contributed by atoms with Gasteiger partial charge in [0.05, 0.1) is 6.21 Å². The van der Waals surface area contributed by atoms with Crippen LogP contribution < -0.4 is 10.9 Å². The molecule has 0 atom stereocenters. The van der Waals surface area contributed by atoms with Crippen molar-refractivity contribution < 1.29 is 0 Å².